The topological polar surface area (TPSA) is 43.1 Å². The molecule has 0 aromatic heterocycles. The zero-order valence-electron chi connectivity index (χ0n) is 9.12. The molecule has 0 atom stereocenters. The highest BCUT2D eigenvalue weighted by molar-refractivity contribution is 5.97. The van der Waals surface area contributed by atoms with Crippen LogP contribution in [-0.2, 0) is 0 Å². The molecule has 0 saturated heterocycles. The van der Waals surface area contributed by atoms with E-state index in [-0.39, 0.29) is 5.78 Å². The number of anilines is 1. The predicted octanol–water partition coefficient (Wildman–Crippen LogP) is 2.95. The first-order chi connectivity index (χ1) is 7.16. The SMILES string of the molecule is Cc1cc(N)ccc1C(=O)CC1CCC1. The van der Waals surface area contributed by atoms with Crippen molar-refractivity contribution in [3.63, 3.8) is 0 Å². The Morgan fingerprint density at radius 2 is 2.20 bits per heavy atom. The van der Waals surface area contributed by atoms with E-state index >= 15 is 0 Å². The van der Waals surface area contributed by atoms with Gasteiger partial charge in [-0.3, -0.25) is 4.79 Å². The molecule has 1 saturated carbocycles. The summed E-state index contributed by atoms with van der Waals surface area (Å²) in [5.74, 6) is 0.909. The predicted molar refractivity (Wildman–Crippen MR) is 61.9 cm³/mol. The summed E-state index contributed by atoms with van der Waals surface area (Å²) in [6.45, 7) is 1.95. The van der Waals surface area contributed by atoms with E-state index in [2.05, 4.69) is 0 Å². The summed E-state index contributed by atoms with van der Waals surface area (Å²) in [6.07, 6.45) is 4.45. The van der Waals surface area contributed by atoms with Crippen molar-refractivity contribution in [3.8, 4) is 0 Å². The van der Waals surface area contributed by atoms with Crippen LogP contribution in [0.2, 0.25) is 0 Å². The normalized spacial score (nSPS) is 16.1. The van der Waals surface area contributed by atoms with Crippen LogP contribution in [0.25, 0.3) is 0 Å². The van der Waals surface area contributed by atoms with E-state index in [1.165, 1.54) is 19.3 Å². The van der Waals surface area contributed by atoms with Crippen molar-refractivity contribution in [2.45, 2.75) is 32.6 Å². The lowest BCUT2D eigenvalue weighted by Gasteiger charge is -2.24. The van der Waals surface area contributed by atoms with Gasteiger partial charge in [0.05, 0.1) is 0 Å². The Morgan fingerprint density at radius 1 is 1.47 bits per heavy atom. The van der Waals surface area contributed by atoms with Gasteiger partial charge in [0.2, 0.25) is 0 Å². The second-order valence-electron chi connectivity index (χ2n) is 4.50. The molecule has 0 heterocycles. The number of rotatable bonds is 3. The lowest BCUT2D eigenvalue weighted by atomic mass is 9.80. The smallest absolute Gasteiger partial charge is 0.163 e. The second-order valence-corrected chi connectivity index (χ2v) is 4.50. The van der Waals surface area contributed by atoms with Crippen LogP contribution in [0.4, 0.5) is 5.69 Å². The van der Waals surface area contributed by atoms with Gasteiger partial charge in [-0.2, -0.15) is 0 Å². The van der Waals surface area contributed by atoms with E-state index in [1.807, 2.05) is 19.1 Å². The molecule has 2 rings (SSSR count). The first-order valence-corrected chi connectivity index (χ1v) is 5.56. The van der Waals surface area contributed by atoms with Crippen molar-refractivity contribution in [3.05, 3.63) is 29.3 Å². The Balaban J connectivity index is 2.10. The van der Waals surface area contributed by atoms with Crippen LogP contribution >= 0.6 is 0 Å². The average molecular weight is 203 g/mol. The standard InChI is InChI=1S/C13H17NO/c1-9-7-11(14)5-6-12(9)13(15)8-10-3-2-4-10/h5-7,10H,2-4,8,14H2,1H3. The maximum absolute atomic E-state index is 11.9. The van der Waals surface area contributed by atoms with Gasteiger partial charge in [0.15, 0.2) is 5.78 Å². The van der Waals surface area contributed by atoms with Crippen molar-refractivity contribution in [1.82, 2.24) is 0 Å². The molecule has 1 aromatic carbocycles. The summed E-state index contributed by atoms with van der Waals surface area (Å²) in [5, 5.41) is 0. The van der Waals surface area contributed by atoms with Crippen LogP contribution < -0.4 is 5.73 Å². The molecular formula is C13H17NO. The molecule has 0 spiro atoms. The van der Waals surface area contributed by atoms with Gasteiger partial charge in [-0.05, 0) is 36.6 Å². The minimum atomic E-state index is 0.275. The first-order valence-electron chi connectivity index (χ1n) is 5.56. The molecule has 80 valence electrons. The van der Waals surface area contributed by atoms with Crippen molar-refractivity contribution < 1.29 is 4.79 Å². The molecule has 1 aromatic rings. The zero-order valence-corrected chi connectivity index (χ0v) is 9.12. The summed E-state index contributed by atoms with van der Waals surface area (Å²) < 4.78 is 0. The van der Waals surface area contributed by atoms with Crippen LogP contribution in [0.1, 0.15) is 41.6 Å². The summed E-state index contributed by atoms with van der Waals surface area (Å²) in [7, 11) is 0. The maximum atomic E-state index is 11.9. The number of hydrogen-bond donors (Lipinski definition) is 1. The van der Waals surface area contributed by atoms with Crippen LogP contribution in [0.3, 0.4) is 0 Å². The van der Waals surface area contributed by atoms with E-state index in [1.54, 1.807) is 6.07 Å². The minimum absolute atomic E-state index is 0.275. The number of carbonyl (C=O) groups excluding carboxylic acids is 1. The molecule has 0 amide bonds. The molecule has 0 aliphatic heterocycles. The molecule has 0 radical (unpaired) electrons. The molecule has 2 N–H and O–H groups in total. The van der Waals surface area contributed by atoms with Gasteiger partial charge in [-0.15, -0.1) is 0 Å². The largest absolute Gasteiger partial charge is 0.399 e. The number of nitrogens with two attached hydrogens (primary N) is 1. The molecule has 1 aliphatic carbocycles. The van der Waals surface area contributed by atoms with Crippen LogP contribution in [0.5, 0.6) is 0 Å². The molecule has 2 nitrogen and oxygen atoms in total. The summed E-state index contributed by atoms with van der Waals surface area (Å²) in [4.78, 5) is 11.9. The Morgan fingerprint density at radius 3 is 2.73 bits per heavy atom. The second kappa shape index (κ2) is 4.05. The van der Waals surface area contributed by atoms with Gasteiger partial charge < -0.3 is 5.73 Å². The van der Waals surface area contributed by atoms with Gasteiger partial charge in [-0.25, -0.2) is 0 Å². The number of ketones is 1. The highest BCUT2D eigenvalue weighted by Gasteiger charge is 2.21. The summed E-state index contributed by atoms with van der Waals surface area (Å²) in [5.41, 5.74) is 8.23. The van der Waals surface area contributed by atoms with Crippen LogP contribution in [0.15, 0.2) is 18.2 Å². The van der Waals surface area contributed by atoms with Crippen LogP contribution in [0, 0.1) is 12.8 Å². The fourth-order valence-electron chi connectivity index (χ4n) is 2.07. The monoisotopic (exact) mass is 203 g/mol. The zero-order chi connectivity index (χ0) is 10.8. The van der Waals surface area contributed by atoms with Gasteiger partial charge in [0.1, 0.15) is 0 Å². The van der Waals surface area contributed by atoms with Gasteiger partial charge in [0, 0.05) is 17.7 Å². The third-order valence-electron chi connectivity index (χ3n) is 3.25. The highest BCUT2D eigenvalue weighted by Crippen LogP contribution is 2.31. The molecule has 0 unspecified atom stereocenters. The molecule has 1 fully saturated rings. The average Bonchev–Trinajstić information content (AvgIpc) is 2.11. The van der Waals surface area contributed by atoms with Gasteiger partial charge in [0.25, 0.3) is 0 Å². The first kappa shape index (κ1) is 10.2. The Labute approximate surface area is 90.5 Å². The fraction of sp³-hybridized carbons (Fsp3) is 0.462. The van der Waals surface area contributed by atoms with E-state index in [0.29, 0.717) is 12.3 Å². The molecular weight excluding hydrogens is 186 g/mol. The summed E-state index contributed by atoms with van der Waals surface area (Å²) in [6, 6.07) is 5.53. The van der Waals surface area contributed by atoms with E-state index < -0.39 is 0 Å². The number of benzene rings is 1. The van der Waals surface area contributed by atoms with Crippen molar-refractivity contribution in [2.24, 2.45) is 5.92 Å². The van der Waals surface area contributed by atoms with E-state index in [4.69, 9.17) is 5.73 Å². The Kier molecular flexibility index (Phi) is 2.76. The summed E-state index contributed by atoms with van der Waals surface area (Å²) >= 11 is 0. The van der Waals surface area contributed by atoms with Crippen LogP contribution in [-0.4, -0.2) is 5.78 Å². The minimum Gasteiger partial charge on any atom is -0.399 e. The quantitative estimate of drug-likeness (QED) is 0.606. The van der Waals surface area contributed by atoms with Gasteiger partial charge in [-0.1, -0.05) is 19.3 Å². The number of hydrogen-bond acceptors (Lipinski definition) is 2. The van der Waals surface area contributed by atoms with E-state index in [0.717, 1.165) is 16.8 Å². The van der Waals surface area contributed by atoms with Crippen molar-refractivity contribution in [1.29, 1.82) is 0 Å². The lowest BCUT2D eigenvalue weighted by Crippen LogP contribution is -2.16. The third kappa shape index (κ3) is 2.20. The van der Waals surface area contributed by atoms with Gasteiger partial charge >= 0.3 is 0 Å². The lowest BCUT2D eigenvalue weighted by molar-refractivity contribution is 0.0936. The van der Waals surface area contributed by atoms with Crippen molar-refractivity contribution >= 4 is 11.5 Å². The number of carbonyl (C=O) groups is 1. The highest BCUT2D eigenvalue weighted by atomic mass is 16.1. The third-order valence-corrected chi connectivity index (χ3v) is 3.25. The number of Topliss-reactive ketones (excluding diaryl/α,β-unsaturated/α-hetero) is 1. The Hall–Kier alpha value is -1.31. The number of aryl methyl sites for hydroxylation is 1. The molecule has 1 aliphatic rings. The Bertz CT molecular complexity index is 380. The number of nitrogen functional groups attached to an aromatic ring is 1. The molecule has 2 heteroatoms. The van der Waals surface area contributed by atoms with E-state index in [9.17, 15) is 4.79 Å². The fourth-order valence-corrected chi connectivity index (χ4v) is 2.07. The molecule has 0 bridgehead atoms. The van der Waals surface area contributed by atoms with Crippen molar-refractivity contribution in [2.75, 3.05) is 5.73 Å². The molecule has 15 heavy (non-hydrogen) atoms. The maximum Gasteiger partial charge on any atom is 0.163 e.